The summed E-state index contributed by atoms with van der Waals surface area (Å²) in [6, 6.07) is 0. The number of ether oxygens (including phenoxy) is 1. The van der Waals surface area contributed by atoms with Crippen molar-refractivity contribution in [2.45, 2.75) is 19.3 Å². The molecule has 0 aromatic carbocycles. The van der Waals surface area contributed by atoms with Gasteiger partial charge in [0.05, 0.1) is 12.5 Å². The zero-order valence-corrected chi connectivity index (χ0v) is 6.72. The van der Waals surface area contributed by atoms with E-state index in [1.807, 2.05) is 6.08 Å². The number of hydrogen-bond donors (Lipinski definition) is 0. The highest BCUT2D eigenvalue weighted by Crippen LogP contribution is 2.74. The van der Waals surface area contributed by atoms with Gasteiger partial charge in [0, 0.05) is 0 Å². The summed E-state index contributed by atoms with van der Waals surface area (Å²) in [5.74, 6) is -0.0266. The quantitative estimate of drug-likeness (QED) is 0.443. The van der Waals surface area contributed by atoms with Crippen LogP contribution < -0.4 is 0 Å². The molecule has 3 aliphatic rings. The van der Waals surface area contributed by atoms with E-state index in [2.05, 4.69) is 6.58 Å². The molecule has 0 spiro atoms. The summed E-state index contributed by atoms with van der Waals surface area (Å²) < 4.78 is 4.71. The van der Waals surface area contributed by atoms with Crippen LogP contribution in [0.1, 0.15) is 19.3 Å². The molecule has 0 atom stereocenters. The first-order valence-electron chi connectivity index (χ1n) is 3.88. The van der Waals surface area contributed by atoms with E-state index in [1.165, 1.54) is 7.11 Å². The molecule has 2 heteroatoms. The monoisotopic (exact) mass is 152 g/mol. The normalized spacial score (nSPS) is 45.2. The maximum Gasteiger partial charge on any atom is 0.311 e. The topological polar surface area (TPSA) is 26.3 Å². The third kappa shape index (κ3) is 0.602. The molecule has 0 radical (unpaired) electrons. The number of rotatable bonds is 2. The van der Waals surface area contributed by atoms with Gasteiger partial charge < -0.3 is 4.74 Å². The van der Waals surface area contributed by atoms with Gasteiger partial charge in [0.2, 0.25) is 0 Å². The van der Waals surface area contributed by atoms with E-state index in [4.69, 9.17) is 4.74 Å². The van der Waals surface area contributed by atoms with Crippen LogP contribution in [0.2, 0.25) is 0 Å². The van der Waals surface area contributed by atoms with Crippen LogP contribution in [0.25, 0.3) is 0 Å². The molecular weight excluding hydrogens is 140 g/mol. The first-order chi connectivity index (χ1) is 5.16. The number of esters is 1. The molecule has 2 nitrogen and oxygen atoms in total. The zero-order valence-electron chi connectivity index (χ0n) is 6.72. The Labute approximate surface area is 66.2 Å². The van der Waals surface area contributed by atoms with Crippen molar-refractivity contribution in [3.05, 3.63) is 12.7 Å². The standard InChI is InChI=1S/C9H12O2/c1-3-8-4-9(5-8,6-8)7(10)11-2/h3H,1,4-6H2,2H3. The van der Waals surface area contributed by atoms with Crippen LogP contribution in [-0.4, -0.2) is 13.1 Å². The fourth-order valence-corrected chi connectivity index (χ4v) is 2.52. The van der Waals surface area contributed by atoms with E-state index in [0.717, 1.165) is 19.3 Å². The van der Waals surface area contributed by atoms with E-state index in [9.17, 15) is 4.79 Å². The van der Waals surface area contributed by atoms with Gasteiger partial charge in [-0.2, -0.15) is 0 Å². The molecule has 0 aromatic rings. The third-order valence-electron chi connectivity index (χ3n) is 3.12. The van der Waals surface area contributed by atoms with Crippen molar-refractivity contribution >= 4 is 5.97 Å². The Bertz CT molecular complexity index is 210. The predicted octanol–water partition coefficient (Wildman–Crippen LogP) is 1.52. The minimum atomic E-state index is -0.0943. The summed E-state index contributed by atoms with van der Waals surface area (Å²) in [5.41, 5.74) is 0.219. The lowest BCUT2D eigenvalue weighted by molar-refractivity contribution is -0.208. The van der Waals surface area contributed by atoms with Gasteiger partial charge in [-0.15, -0.1) is 6.58 Å². The van der Waals surface area contributed by atoms with Crippen molar-refractivity contribution in [2.75, 3.05) is 7.11 Å². The van der Waals surface area contributed by atoms with Crippen molar-refractivity contribution in [3.63, 3.8) is 0 Å². The third-order valence-corrected chi connectivity index (χ3v) is 3.12. The first kappa shape index (κ1) is 6.89. The van der Waals surface area contributed by atoms with Gasteiger partial charge in [0.15, 0.2) is 0 Å². The van der Waals surface area contributed by atoms with E-state index in [0.29, 0.717) is 5.41 Å². The lowest BCUT2D eigenvalue weighted by atomic mass is 9.35. The highest BCUT2D eigenvalue weighted by atomic mass is 16.5. The second-order valence-electron chi connectivity index (χ2n) is 3.87. The summed E-state index contributed by atoms with van der Waals surface area (Å²) in [5, 5.41) is 0. The van der Waals surface area contributed by atoms with Crippen molar-refractivity contribution in [3.8, 4) is 0 Å². The largest absolute Gasteiger partial charge is 0.469 e. The Morgan fingerprint density at radius 2 is 2.09 bits per heavy atom. The number of carbonyl (C=O) groups excluding carboxylic acids is 1. The molecule has 3 fully saturated rings. The van der Waals surface area contributed by atoms with Gasteiger partial charge in [0.25, 0.3) is 0 Å². The number of hydrogen-bond acceptors (Lipinski definition) is 2. The van der Waals surface area contributed by atoms with Gasteiger partial charge in [-0.05, 0) is 24.7 Å². The minimum absolute atomic E-state index is 0.0266. The van der Waals surface area contributed by atoms with Crippen molar-refractivity contribution in [1.29, 1.82) is 0 Å². The minimum Gasteiger partial charge on any atom is -0.469 e. The summed E-state index contributed by atoms with van der Waals surface area (Å²) in [4.78, 5) is 11.2. The maximum absolute atomic E-state index is 11.2. The smallest absolute Gasteiger partial charge is 0.311 e. The molecule has 0 aliphatic heterocycles. The number of carbonyl (C=O) groups is 1. The molecule has 11 heavy (non-hydrogen) atoms. The van der Waals surface area contributed by atoms with Crippen LogP contribution >= 0.6 is 0 Å². The average Bonchev–Trinajstić information content (AvgIpc) is 1.83. The lowest BCUT2D eigenvalue weighted by Crippen LogP contribution is -2.64. The lowest BCUT2D eigenvalue weighted by Gasteiger charge is -2.67. The van der Waals surface area contributed by atoms with E-state index >= 15 is 0 Å². The van der Waals surface area contributed by atoms with Gasteiger partial charge in [-0.25, -0.2) is 0 Å². The van der Waals surface area contributed by atoms with E-state index in [1.54, 1.807) is 0 Å². The number of allylic oxidation sites excluding steroid dienone is 1. The van der Waals surface area contributed by atoms with Crippen molar-refractivity contribution in [1.82, 2.24) is 0 Å². The summed E-state index contributed by atoms with van der Waals surface area (Å²) in [6.45, 7) is 3.76. The molecule has 0 saturated heterocycles. The maximum atomic E-state index is 11.2. The molecule has 2 bridgehead atoms. The SMILES string of the molecule is C=CC12CC(C(=O)OC)(C1)C2. The second kappa shape index (κ2) is 1.68. The van der Waals surface area contributed by atoms with Gasteiger partial charge in [-0.1, -0.05) is 6.08 Å². The molecular formula is C9H12O2. The first-order valence-corrected chi connectivity index (χ1v) is 3.88. The Morgan fingerprint density at radius 1 is 1.55 bits per heavy atom. The molecule has 0 amide bonds. The molecule has 0 heterocycles. The van der Waals surface area contributed by atoms with E-state index < -0.39 is 0 Å². The average molecular weight is 152 g/mol. The Morgan fingerprint density at radius 3 is 2.45 bits per heavy atom. The van der Waals surface area contributed by atoms with Gasteiger partial charge >= 0.3 is 5.97 Å². The summed E-state index contributed by atoms with van der Waals surface area (Å²) in [7, 11) is 1.46. The predicted molar refractivity (Wildman–Crippen MR) is 40.9 cm³/mol. The van der Waals surface area contributed by atoms with Crippen LogP contribution in [0.15, 0.2) is 12.7 Å². The molecule has 3 rings (SSSR count). The molecule has 0 N–H and O–H groups in total. The van der Waals surface area contributed by atoms with Crippen LogP contribution in [-0.2, 0) is 9.53 Å². The fraction of sp³-hybridized carbons (Fsp3) is 0.667. The fourth-order valence-electron chi connectivity index (χ4n) is 2.52. The van der Waals surface area contributed by atoms with Crippen molar-refractivity contribution in [2.24, 2.45) is 10.8 Å². The highest BCUT2D eigenvalue weighted by molar-refractivity contribution is 5.81. The number of methoxy groups -OCH3 is 1. The van der Waals surface area contributed by atoms with Gasteiger partial charge in [-0.3, -0.25) is 4.79 Å². The second-order valence-corrected chi connectivity index (χ2v) is 3.87. The molecule has 60 valence electrons. The molecule has 0 aromatic heterocycles. The molecule has 3 saturated carbocycles. The Balaban J connectivity index is 2.04. The van der Waals surface area contributed by atoms with Crippen molar-refractivity contribution < 1.29 is 9.53 Å². The zero-order chi connectivity index (χ0) is 8.11. The Hall–Kier alpha value is -0.790. The van der Waals surface area contributed by atoms with Crippen LogP contribution in [0.3, 0.4) is 0 Å². The van der Waals surface area contributed by atoms with Gasteiger partial charge in [0.1, 0.15) is 0 Å². The van der Waals surface area contributed by atoms with Crippen LogP contribution in [0.5, 0.6) is 0 Å². The summed E-state index contributed by atoms with van der Waals surface area (Å²) >= 11 is 0. The van der Waals surface area contributed by atoms with E-state index in [-0.39, 0.29) is 11.4 Å². The summed E-state index contributed by atoms with van der Waals surface area (Å²) in [6.07, 6.45) is 4.89. The van der Waals surface area contributed by atoms with Crippen LogP contribution in [0, 0.1) is 10.8 Å². The van der Waals surface area contributed by atoms with Crippen LogP contribution in [0.4, 0.5) is 0 Å². The Kier molecular flexibility index (Phi) is 1.05. The molecule has 3 aliphatic carbocycles. The molecule has 0 unspecified atom stereocenters. The highest BCUT2D eigenvalue weighted by Gasteiger charge is 2.70.